The van der Waals surface area contributed by atoms with Gasteiger partial charge in [0.25, 0.3) is 10.1 Å². The molecule has 5 heteroatoms. The summed E-state index contributed by atoms with van der Waals surface area (Å²) in [6.07, 6.45) is 19.7. The molecule has 0 saturated carbocycles. The van der Waals surface area contributed by atoms with Crippen molar-refractivity contribution in [3.05, 3.63) is 0 Å². The lowest BCUT2D eigenvalue weighted by Gasteiger charge is -2.14. The van der Waals surface area contributed by atoms with Gasteiger partial charge in [0.1, 0.15) is 0 Å². The Kier molecular flexibility index (Phi) is 18.8. The van der Waals surface area contributed by atoms with Crippen molar-refractivity contribution in [3.8, 4) is 0 Å². The minimum Gasteiger partial charge on any atom is -0.393 e. The zero-order valence-corrected chi connectivity index (χ0v) is 19.5. The van der Waals surface area contributed by atoms with Gasteiger partial charge in [0.15, 0.2) is 0 Å². The van der Waals surface area contributed by atoms with Crippen LogP contribution in [-0.2, 0) is 10.1 Å². The molecular weight excluding hydrogens is 372 g/mol. The third-order valence-electron chi connectivity index (χ3n) is 5.76. The van der Waals surface area contributed by atoms with E-state index in [0.29, 0.717) is 12.8 Å². The van der Waals surface area contributed by atoms with Gasteiger partial charge in [0.05, 0.1) is 11.4 Å². The molecule has 0 aromatic heterocycles. The fourth-order valence-corrected chi connectivity index (χ4v) is 4.76. The number of hydrogen-bond acceptors (Lipinski definition) is 3. The number of rotatable bonds is 21. The topological polar surface area (TPSA) is 74.6 Å². The van der Waals surface area contributed by atoms with E-state index >= 15 is 0 Å². The largest absolute Gasteiger partial charge is 0.393 e. The number of aliphatic hydroxyl groups is 1. The van der Waals surface area contributed by atoms with Crippen molar-refractivity contribution in [1.29, 1.82) is 0 Å². The van der Waals surface area contributed by atoms with Crippen molar-refractivity contribution < 1.29 is 18.1 Å². The van der Waals surface area contributed by atoms with E-state index in [0.717, 1.165) is 64.2 Å². The maximum atomic E-state index is 11.5. The van der Waals surface area contributed by atoms with Crippen LogP contribution in [0.1, 0.15) is 136 Å². The lowest BCUT2D eigenvalue weighted by molar-refractivity contribution is 0.147. The summed E-state index contributed by atoms with van der Waals surface area (Å²) in [5, 5.41) is 9.49. The highest BCUT2D eigenvalue weighted by Gasteiger charge is 2.21. The van der Waals surface area contributed by atoms with Gasteiger partial charge in [0, 0.05) is 0 Å². The smallest absolute Gasteiger partial charge is 0.267 e. The van der Waals surface area contributed by atoms with Gasteiger partial charge in [-0.3, -0.25) is 4.55 Å². The third kappa shape index (κ3) is 17.9. The Bertz CT molecular complexity index is 422. The number of unbranched alkanes of at least 4 members (excludes halogenated alkanes) is 12. The molecule has 2 atom stereocenters. The monoisotopic (exact) mass is 420 g/mol. The summed E-state index contributed by atoms with van der Waals surface area (Å²) in [6, 6.07) is 0. The van der Waals surface area contributed by atoms with Gasteiger partial charge in [0.2, 0.25) is 0 Å². The number of aliphatic hydroxyl groups excluding tert-OH is 1. The molecule has 0 saturated heterocycles. The minimum atomic E-state index is -3.93. The molecule has 2 unspecified atom stereocenters. The van der Waals surface area contributed by atoms with Crippen molar-refractivity contribution in [2.75, 3.05) is 0 Å². The molecule has 170 valence electrons. The van der Waals surface area contributed by atoms with Gasteiger partial charge in [-0.1, -0.05) is 110 Å². The summed E-state index contributed by atoms with van der Waals surface area (Å²) in [4.78, 5) is 0. The molecule has 0 aromatic rings. The van der Waals surface area contributed by atoms with Crippen LogP contribution < -0.4 is 0 Å². The zero-order valence-electron chi connectivity index (χ0n) is 18.7. The molecule has 0 aliphatic heterocycles. The van der Waals surface area contributed by atoms with Crippen LogP contribution in [0.2, 0.25) is 0 Å². The molecular formula is C23H48O4S. The third-order valence-corrected chi connectivity index (χ3v) is 7.07. The summed E-state index contributed by atoms with van der Waals surface area (Å²) in [5.41, 5.74) is 0. The first-order valence-corrected chi connectivity index (χ1v) is 13.6. The highest BCUT2D eigenvalue weighted by Crippen LogP contribution is 2.19. The van der Waals surface area contributed by atoms with Gasteiger partial charge >= 0.3 is 0 Å². The van der Waals surface area contributed by atoms with Gasteiger partial charge in [-0.05, 0) is 25.7 Å². The SMILES string of the molecule is CCCCCCCCCCC(O)CCCCCC(CCCCCC)S(=O)(=O)O. The van der Waals surface area contributed by atoms with Crippen molar-refractivity contribution in [3.63, 3.8) is 0 Å². The van der Waals surface area contributed by atoms with Gasteiger partial charge in [-0.2, -0.15) is 8.42 Å². The lowest BCUT2D eigenvalue weighted by atomic mass is 10.0. The molecule has 0 heterocycles. The van der Waals surface area contributed by atoms with Crippen LogP contribution in [0, 0.1) is 0 Å². The second-order valence-corrected chi connectivity index (χ2v) is 10.2. The molecule has 0 aromatic carbocycles. The molecule has 0 aliphatic carbocycles. The van der Waals surface area contributed by atoms with Gasteiger partial charge in [-0.25, -0.2) is 0 Å². The average Bonchev–Trinajstić information content (AvgIpc) is 2.64. The predicted octanol–water partition coefficient (Wildman–Crippen LogP) is 7.06. The molecule has 28 heavy (non-hydrogen) atoms. The fraction of sp³-hybridized carbons (Fsp3) is 1.00. The molecule has 0 fully saturated rings. The average molecular weight is 421 g/mol. The highest BCUT2D eigenvalue weighted by molar-refractivity contribution is 7.86. The van der Waals surface area contributed by atoms with Crippen LogP contribution in [0.5, 0.6) is 0 Å². The van der Waals surface area contributed by atoms with Crippen molar-refractivity contribution >= 4 is 10.1 Å². The molecule has 0 rings (SSSR count). The van der Waals surface area contributed by atoms with E-state index in [1.54, 1.807) is 0 Å². The van der Waals surface area contributed by atoms with Crippen molar-refractivity contribution in [2.24, 2.45) is 0 Å². The van der Waals surface area contributed by atoms with Crippen LogP contribution in [-0.4, -0.2) is 29.4 Å². The lowest BCUT2D eigenvalue weighted by Crippen LogP contribution is -2.20. The van der Waals surface area contributed by atoms with Crippen LogP contribution in [0.25, 0.3) is 0 Å². The summed E-state index contributed by atoms with van der Waals surface area (Å²) in [5.74, 6) is 0. The highest BCUT2D eigenvalue weighted by atomic mass is 32.2. The minimum absolute atomic E-state index is 0.216. The Morgan fingerprint density at radius 3 is 1.32 bits per heavy atom. The first-order valence-electron chi connectivity index (χ1n) is 12.1. The molecule has 0 spiro atoms. The summed E-state index contributed by atoms with van der Waals surface area (Å²) in [7, 11) is -3.93. The molecule has 4 nitrogen and oxygen atoms in total. The van der Waals surface area contributed by atoms with E-state index in [4.69, 9.17) is 0 Å². The van der Waals surface area contributed by atoms with Crippen molar-refractivity contribution in [1.82, 2.24) is 0 Å². The van der Waals surface area contributed by atoms with E-state index in [9.17, 15) is 18.1 Å². The quantitative estimate of drug-likeness (QED) is 0.154. The second-order valence-electron chi connectivity index (χ2n) is 8.54. The van der Waals surface area contributed by atoms with E-state index in [1.165, 1.54) is 44.9 Å². The molecule has 0 radical (unpaired) electrons. The second kappa shape index (κ2) is 18.9. The molecule has 0 bridgehead atoms. The van der Waals surface area contributed by atoms with Crippen LogP contribution in [0.3, 0.4) is 0 Å². The Morgan fingerprint density at radius 2 is 0.893 bits per heavy atom. The van der Waals surface area contributed by atoms with Gasteiger partial charge < -0.3 is 5.11 Å². The zero-order chi connectivity index (χ0) is 21.1. The Labute approximate surface area is 175 Å². The van der Waals surface area contributed by atoms with E-state index in [1.807, 2.05) is 0 Å². The molecule has 0 aliphatic rings. The van der Waals surface area contributed by atoms with E-state index in [-0.39, 0.29) is 6.10 Å². The summed E-state index contributed by atoms with van der Waals surface area (Å²) < 4.78 is 32.5. The van der Waals surface area contributed by atoms with Gasteiger partial charge in [-0.15, -0.1) is 0 Å². The fourth-order valence-electron chi connectivity index (χ4n) is 3.83. The van der Waals surface area contributed by atoms with E-state index in [2.05, 4.69) is 13.8 Å². The first kappa shape index (κ1) is 27.9. The standard InChI is InChI=1S/C23H48O4S/c1-3-5-7-9-10-11-12-14-18-22(24)19-15-13-17-21-23(28(25,26)27)20-16-8-6-4-2/h22-24H,3-21H2,1-2H3,(H,25,26,27). The number of hydrogen-bond donors (Lipinski definition) is 2. The normalized spacial score (nSPS) is 14.3. The van der Waals surface area contributed by atoms with Crippen molar-refractivity contribution in [2.45, 2.75) is 147 Å². The predicted molar refractivity (Wildman–Crippen MR) is 120 cm³/mol. The van der Waals surface area contributed by atoms with E-state index < -0.39 is 15.4 Å². The molecule has 2 N–H and O–H groups in total. The molecule has 0 amide bonds. The summed E-state index contributed by atoms with van der Waals surface area (Å²) >= 11 is 0. The van der Waals surface area contributed by atoms with Crippen LogP contribution >= 0.6 is 0 Å². The summed E-state index contributed by atoms with van der Waals surface area (Å²) in [6.45, 7) is 4.37. The Hall–Kier alpha value is -0.130. The van der Waals surface area contributed by atoms with Crippen LogP contribution in [0.4, 0.5) is 0 Å². The Balaban J connectivity index is 3.66. The van der Waals surface area contributed by atoms with Crippen LogP contribution in [0.15, 0.2) is 0 Å². The Morgan fingerprint density at radius 1 is 0.571 bits per heavy atom. The maximum absolute atomic E-state index is 11.5. The maximum Gasteiger partial charge on any atom is 0.267 e. The first-order chi connectivity index (χ1) is 13.4.